The van der Waals surface area contributed by atoms with Gasteiger partial charge in [0, 0.05) is 42.0 Å². The lowest BCUT2D eigenvalue weighted by molar-refractivity contribution is -0.385. The molecule has 1 amide bonds. The molecule has 0 unspecified atom stereocenters. The predicted molar refractivity (Wildman–Crippen MR) is 131 cm³/mol. The van der Waals surface area contributed by atoms with E-state index in [-0.39, 0.29) is 16.0 Å². The van der Waals surface area contributed by atoms with Crippen molar-refractivity contribution in [1.29, 1.82) is 0 Å². The summed E-state index contributed by atoms with van der Waals surface area (Å²) in [6.07, 6.45) is 1.45. The Balaban J connectivity index is 1.80. The number of sulfone groups is 1. The van der Waals surface area contributed by atoms with Crippen LogP contribution in [0.25, 0.3) is 0 Å². The second-order valence-corrected chi connectivity index (χ2v) is 9.92. The van der Waals surface area contributed by atoms with Crippen LogP contribution in [0.5, 0.6) is 0 Å². The molecule has 0 saturated carbocycles. The van der Waals surface area contributed by atoms with Gasteiger partial charge in [-0.15, -0.1) is 0 Å². The van der Waals surface area contributed by atoms with E-state index in [2.05, 4.69) is 10.5 Å². The number of rotatable bonds is 8. The largest absolute Gasteiger partial charge is 0.378 e. The van der Waals surface area contributed by atoms with Crippen LogP contribution >= 0.6 is 11.6 Å². The van der Waals surface area contributed by atoms with Crippen molar-refractivity contribution in [2.75, 3.05) is 19.0 Å². The van der Waals surface area contributed by atoms with Crippen molar-refractivity contribution in [3.8, 4) is 0 Å². The molecule has 0 aliphatic rings. The maximum absolute atomic E-state index is 12.8. The molecular weight excluding hydrogens is 480 g/mol. The summed E-state index contributed by atoms with van der Waals surface area (Å²) in [5.41, 5.74) is 3.62. The summed E-state index contributed by atoms with van der Waals surface area (Å²) in [7, 11) is -0.0809. The van der Waals surface area contributed by atoms with Crippen LogP contribution in [-0.4, -0.2) is 39.6 Å². The number of nitro groups is 1. The van der Waals surface area contributed by atoms with Gasteiger partial charge in [0.2, 0.25) is 0 Å². The fourth-order valence-corrected chi connectivity index (χ4v) is 4.52. The van der Waals surface area contributed by atoms with Gasteiger partial charge in [0.05, 0.1) is 21.8 Å². The number of halogens is 1. The Kier molecular flexibility index (Phi) is 7.64. The molecule has 0 spiro atoms. The highest BCUT2D eigenvalue weighted by Crippen LogP contribution is 2.26. The molecule has 3 rings (SSSR count). The van der Waals surface area contributed by atoms with E-state index in [4.69, 9.17) is 11.6 Å². The number of amides is 1. The first-order valence-corrected chi connectivity index (χ1v) is 12.0. The van der Waals surface area contributed by atoms with Gasteiger partial charge in [0.25, 0.3) is 11.6 Å². The van der Waals surface area contributed by atoms with Crippen LogP contribution in [-0.2, 0) is 15.6 Å². The first-order valence-electron chi connectivity index (χ1n) is 9.93. The summed E-state index contributed by atoms with van der Waals surface area (Å²) in [6.45, 7) is 0. The average molecular weight is 501 g/mol. The number of nitrogens with one attached hydrogen (secondary N) is 1. The topological polar surface area (TPSA) is 122 Å². The minimum Gasteiger partial charge on any atom is -0.378 e. The second kappa shape index (κ2) is 10.4. The molecule has 0 aliphatic carbocycles. The lowest BCUT2D eigenvalue weighted by atomic mass is 10.1. The van der Waals surface area contributed by atoms with Crippen molar-refractivity contribution in [3.63, 3.8) is 0 Å². The molecule has 0 aromatic heterocycles. The van der Waals surface area contributed by atoms with Crippen LogP contribution in [0.4, 0.5) is 11.4 Å². The van der Waals surface area contributed by atoms with Crippen molar-refractivity contribution in [2.45, 2.75) is 10.6 Å². The van der Waals surface area contributed by atoms with Gasteiger partial charge in [-0.25, -0.2) is 13.8 Å². The Morgan fingerprint density at radius 2 is 1.74 bits per heavy atom. The van der Waals surface area contributed by atoms with Gasteiger partial charge in [-0.1, -0.05) is 23.7 Å². The maximum Gasteiger partial charge on any atom is 0.273 e. The number of hydrazone groups is 1. The monoisotopic (exact) mass is 500 g/mol. The minimum absolute atomic E-state index is 0.0343. The summed E-state index contributed by atoms with van der Waals surface area (Å²) in [5, 5.41) is 15.7. The summed E-state index contributed by atoms with van der Waals surface area (Å²) in [6, 6.07) is 16.4. The SMILES string of the molecule is CN(C)c1ccc(C=NNC(=O)c2ccc([N+](=O)[O-])c(CS(=O)(=O)c3ccc(Cl)cc3)c2)cc1. The average Bonchev–Trinajstić information content (AvgIpc) is 2.79. The Labute approximate surface area is 201 Å². The molecule has 34 heavy (non-hydrogen) atoms. The molecular formula is C23H21ClN4O5S. The van der Waals surface area contributed by atoms with E-state index >= 15 is 0 Å². The molecule has 3 aromatic rings. The molecule has 11 heteroatoms. The third-order valence-corrected chi connectivity index (χ3v) is 6.78. The number of nitrogens with zero attached hydrogens (tertiary/aromatic N) is 3. The van der Waals surface area contributed by atoms with E-state index < -0.39 is 32.1 Å². The highest BCUT2D eigenvalue weighted by atomic mass is 35.5. The van der Waals surface area contributed by atoms with Gasteiger partial charge in [-0.2, -0.15) is 5.10 Å². The fraction of sp³-hybridized carbons (Fsp3) is 0.130. The summed E-state index contributed by atoms with van der Waals surface area (Å²) >= 11 is 5.80. The van der Waals surface area contributed by atoms with Crippen LogP contribution in [0.1, 0.15) is 21.5 Å². The lowest BCUT2D eigenvalue weighted by Crippen LogP contribution is -2.18. The Hall–Kier alpha value is -3.76. The summed E-state index contributed by atoms with van der Waals surface area (Å²) in [5.74, 6) is -1.30. The minimum atomic E-state index is -3.92. The zero-order valence-electron chi connectivity index (χ0n) is 18.3. The third-order valence-electron chi connectivity index (χ3n) is 4.85. The van der Waals surface area contributed by atoms with Gasteiger partial charge >= 0.3 is 0 Å². The standard InChI is InChI=1S/C23H21ClN4O5S/c1-27(2)20-8-3-16(4-9-20)14-25-26-23(29)17-5-12-22(28(30)31)18(13-17)15-34(32,33)21-10-6-19(24)7-11-21/h3-14H,15H2,1-2H3,(H,26,29). The van der Waals surface area contributed by atoms with Gasteiger partial charge in [-0.05, 0) is 54.1 Å². The molecule has 1 N–H and O–H groups in total. The number of carbonyl (C=O) groups excluding carboxylic acids is 1. The second-order valence-electron chi connectivity index (χ2n) is 7.50. The Morgan fingerprint density at radius 1 is 1.09 bits per heavy atom. The van der Waals surface area contributed by atoms with Crippen LogP contribution in [0.15, 0.2) is 76.7 Å². The van der Waals surface area contributed by atoms with Gasteiger partial charge in [0.1, 0.15) is 0 Å². The molecule has 0 saturated heterocycles. The van der Waals surface area contributed by atoms with E-state index in [1.54, 1.807) is 0 Å². The zero-order valence-corrected chi connectivity index (χ0v) is 19.9. The van der Waals surface area contributed by atoms with E-state index in [0.29, 0.717) is 5.02 Å². The van der Waals surface area contributed by atoms with E-state index in [0.717, 1.165) is 17.3 Å². The van der Waals surface area contributed by atoms with Crippen molar-refractivity contribution in [2.24, 2.45) is 5.10 Å². The first kappa shape index (κ1) is 24.9. The predicted octanol–water partition coefficient (Wildman–Crippen LogP) is 4.05. The first-order chi connectivity index (χ1) is 16.1. The van der Waals surface area contributed by atoms with Crippen LogP contribution in [0, 0.1) is 10.1 Å². The van der Waals surface area contributed by atoms with E-state index in [9.17, 15) is 23.3 Å². The number of benzene rings is 3. The molecule has 0 atom stereocenters. The van der Waals surface area contributed by atoms with E-state index in [1.165, 1.54) is 42.6 Å². The van der Waals surface area contributed by atoms with Crippen molar-refractivity contribution in [1.82, 2.24) is 5.43 Å². The molecule has 3 aromatic carbocycles. The number of nitro benzene ring substituents is 1. The van der Waals surface area contributed by atoms with Crippen LogP contribution < -0.4 is 10.3 Å². The Bertz CT molecular complexity index is 1340. The normalized spacial score (nSPS) is 11.4. The van der Waals surface area contributed by atoms with Crippen LogP contribution in [0.2, 0.25) is 5.02 Å². The van der Waals surface area contributed by atoms with E-state index in [1.807, 2.05) is 43.3 Å². The number of hydrogen-bond acceptors (Lipinski definition) is 7. The quantitative estimate of drug-likeness (QED) is 0.283. The molecule has 0 fully saturated rings. The van der Waals surface area contributed by atoms with Crippen LogP contribution in [0.3, 0.4) is 0 Å². The third kappa shape index (κ3) is 6.18. The fourth-order valence-electron chi connectivity index (χ4n) is 3.04. The van der Waals surface area contributed by atoms with Crippen molar-refractivity contribution in [3.05, 3.63) is 98.6 Å². The smallest absolute Gasteiger partial charge is 0.273 e. The molecule has 9 nitrogen and oxygen atoms in total. The van der Waals surface area contributed by atoms with Gasteiger partial charge in [0.15, 0.2) is 9.84 Å². The molecule has 0 aliphatic heterocycles. The van der Waals surface area contributed by atoms with Gasteiger partial charge in [-0.3, -0.25) is 14.9 Å². The van der Waals surface area contributed by atoms with Crippen molar-refractivity contribution >= 4 is 44.9 Å². The summed E-state index contributed by atoms with van der Waals surface area (Å²) < 4.78 is 25.5. The lowest BCUT2D eigenvalue weighted by Gasteiger charge is -2.11. The molecule has 0 radical (unpaired) electrons. The highest BCUT2D eigenvalue weighted by molar-refractivity contribution is 7.90. The summed E-state index contributed by atoms with van der Waals surface area (Å²) in [4.78, 5) is 25.2. The van der Waals surface area contributed by atoms with Crippen molar-refractivity contribution < 1.29 is 18.1 Å². The van der Waals surface area contributed by atoms with Gasteiger partial charge < -0.3 is 4.90 Å². The molecule has 0 heterocycles. The number of anilines is 1. The maximum atomic E-state index is 12.8. The zero-order chi connectivity index (χ0) is 24.9. The highest BCUT2D eigenvalue weighted by Gasteiger charge is 2.23. The molecule has 176 valence electrons. The number of carbonyl (C=O) groups is 1. The number of hydrogen-bond donors (Lipinski definition) is 1. The Morgan fingerprint density at radius 3 is 2.32 bits per heavy atom. The molecule has 0 bridgehead atoms.